The molecule has 0 aliphatic heterocycles. The van der Waals surface area contributed by atoms with E-state index in [-0.39, 0.29) is 0 Å². The van der Waals surface area contributed by atoms with Gasteiger partial charge in [-0.1, -0.05) is 64.8 Å². The van der Waals surface area contributed by atoms with E-state index in [1.807, 2.05) is 30.3 Å². The Morgan fingerprint density at radius 1 is 0.867 bits per heavy atom. The third-order valence-electron chi connectivity index (χ3n) is 1.98. The highest BCUT2D eigenvalue weighted by atomic mass is 35.5. The maximum Gasteiger partial charge on any atom is 0.123 e. The minimum Gasteiger partial charge on any atom is -0.0844 e. The normalized spacial score (nSPS) is 10.3. The van der Waals surface area contributed by atoms with Gasteiger partial charge in [-0.2, -0.15) is 0 Å². The fourth-order valence-corrected chi connectivity index (χ4v) is 2.85. The average Bonchev–Trinajstić information content (AvgIpc) is 2.24. The molecule has 0 aromatic heterocycles. The van der Waals surface area contributed by atoms with Crippen LogP contribution in [-0.2, 0) is 0 Å². The second-order valence-electron chi connectivity index (χ2n) is 3.12. The van der Waals surface area contributed by atoms with Crippen molar-refractivity contribution in [2.45, 2.75) is 0 Å². The number of benzene rings is 2. The summed E-state index contributed by atoms with van der Waals surface area (Å²) in [7, 11) is 0.581. The summed E-state index contributed by atoms with van der Waals surface area (Å²) in [5, 5.41) is 3.83. The molecule has 0 amide bonds. The predicted octanol–water partition coefficient (Wildman–Crippen LogP) is 2.65. The van der Waals surface area contributed by atoms with Crippen LogP contribution >= 0.6 is 23.2 Å². The summed E-state index contributed by atoms with van der Waals surface area (Å²) in [6.45, 7) is 0. The van der Waals surface area contributed by atoms with E-state index in [0.717, 1.165) is 10.2 Å². The predicted molar refractivity (Wildman–Crippen MR) is 67.9 cm³/mol. The zero-order chi connectivity index (χ0) is 10.7. The summed E-state index contributed by atoms with van der Waals surface area (Å²) in [5.74, 6) is 0. The lowest BCUT2D eigenvalue weighted by Gasteiger charge is -2.03. The van der Waals surface area contributed by atoms with E-state index in [0.29, 0.717) is 14.5 Å². The third kappa shape index (κ3) is 2.85. The highest BCUT2D eigenvalue weighted by Gasteiger charge is 2.03. The van der Waals surface area contributed by atoms with Crippen LogP contribution in [0.4, 0.5) is 0 Å². The van der Waals surface area contributed by atoms with Crippen LogP contribution in [0.5, 0.6) is 0 Å². The summed E-state index contributed by atoms with van der Waals surface area (Å²) in [6.07, 6.45) is 0. The van der Waals surface area contributed by atoms with Gasteiger partial charge in [-0.15, -0.1) is 0 Å². The van der Waals surface area contributed by atoms with Gasteiger partial charge in [-0.05, 0) is 17.3 Å². The van der Waals surface area contributed by atoms with E-state index >= 15 is 0 Å². The molecule has 0 aliphatic carbocycles. The first-order chi connectivity index (χ1) is 7.25. The molecule has 0 fully saturated rings. The van der Waals surface area contributed by atoms with E-state index < -0.39 is 0 Å². The topological polar surface area (TPSA) is 0 Å². The van der Waals surface area contributed by atoms with E-state index in [2.05, 4.69) is 12.1 Å². The van der Waals surface area contributed by atoms with Crippen molar-refractivity contribution >= 4 is 43.1 Å². The van der Waals surface area contributed by atoms with Crippen LogP contribution < -0.4 is 10.4 Å². The lowest BCUT2D eigenvalue weighted by Crippen LogP contribution is -2.27. The molecule has 0 spiro atoms. The first kappa shape index (κ1) is 10.7. The van der Waals surface area contributed by atoms with Crippen molar-refractivity contribution in [1.82, 2.24) is 0 Å². The van der Waals surface area contributed by atoms with Gasteiger partial charge in [0.05, 0.1) is 0 Å². The van der Waals surface area contributed by atoms with Crippen LogP contribution in [-0.4, -0.2) is 9.52 Å². The molecule has 74 valence electrons. The molecule has 3 heteroatoms. The molecule has 0 bridgehead atoms. The molecule has 0 unspecified atom stereocenters. The minimum atomic E-state index is 0.581. The van der Waals surface area contributed by atoms with Crippen LogP contribution in [0, 0.1) is 0 Å². The van der Waals surface area contributed by atoms with Gasteiger partial charge in [0.1, 0.15) is 9.52 Å². The Morgan fingerprint density at radius 3 is 2.27 bits per heavy atom. The zero-order valence-corrected chi connectivity index (χ0v) is 10.4. The van der Waals surface area contributed by atoms with Gasteiger partial charge < -0.3 is 0 Å². The zero-order valence-electron chi connectivity index (χ0n) is 7.87. The first-order valence-electron chi connectivity index (χ1n) is 4.53. The van der Waals surface area contributed by atoms with Gasteiger partial charge in [0.15, 0.2) is 0 Å². The van der Waals surface area contributed by atoms with Crippen molar-refractivity contribution in [2.24, 2.45) is 0 Å². The fourth-order valence-electron chi connectivity index (χ4n) is 1.27. The highest BCUT2D eigenvalue weighted by Crippen LogP contribution is 2.12. The largest absolute Gasteiger partial charge is 0.123 e. The van der Waals surface area contributed by atoms with Crippen LogP contribution in [0.2, 0.25) is 10.0 Å². The molecule has 2 aromatic rings. The van der Waals surface area contributed by atoms with Gasteiger partial charge in [-0.3, -0.25) is 0 Å². The highest BCUT2D eigenvalue weighted by molar-refractivity contribution is 6.70. The standard InChI is InChI=1S/C12H8Cl2Si/c13-9-6-7-12(11(14)8-9)15-10-4-2-1-3-5-10/h1-8H. The minimum absolute atomic E-state index is 0.581. The summed E-state index contributed by atoms with van der Waals surface area (Å²) in [6, 6.07) is 15.9. The van der Waals surface area contributed by atoms with Crippen molar-refractivity contribution in [2.75, 3.05) is 0 Å². The molecule has 0 aliphatic rings. The fraction of sp³-hybridized carbons (Fsp3) is 0. The van der Waals surface area contributed by atoms with Gasteiger partial charge in [0.2, 0.25) is 0 Å². The molecule has 15 heavy (non-hydrogen) atoms. The first-order valence-corrected chi connectivity index (χ1v) is 6.28. The number of rotatable bonds is 2. The molecule has 2 radical (unpaired) electrons. The maximum absolute atomic E-state index is 6.10. The smallest absolute Gasteiger partial charge is 0.0844 e. The van der Waals surface area contributed by atoms with Crippen LogP contribution in [0.1, 0.15) is 0 Å². The Bertz CT molecular complexity index is 454. The second-order valence-corrected chi connectivity index (χ2v) is 5.32. The van der Waals surface area contributed by atoms with Gasteiger partial charge >= 0.3 is 0 Å². The van der Waals surface area contributed by atoms with Crippen molar-refractivity contribution in [1.29, 1.82) is 0 Å². The summed E-state index contributed by atoms with van der Waals surface area (Å²) >= 11 is 11.9. The Balaban J connectivity index is 2.25. The van der Waals surface area contributed by atoms with Crippen LogP contribution in [0.3, 0.4) is 0 Å². The van der Waals surface area contributed by atoms with Crippen molar-refractivity contribution in [3.05, 3.63) is 58.6 Å². The molecule has 0 atom stereocenters. The van der Waals surface area contributed by atoms with E-state index in [1.54, 1.807) is 6.07 Å². The molecular formula is C12H8Cl2Si. The quantitative estimate of drug-likeness (QED) is 0.720. The van der Waals surface area contributed by atoms with Crippen molar-refractivity contribution in [3.63, 3.8) is 0 Å². The monoisotopic (exact) mass is 250 g/mol. The SMILES string of the molecule is Clc1ccc([Si]c2ccccc2)c(Cl)c1. The van der Waals surface area contributed by atoms with Gasteiger partial charge in [0.25, 0.3) is 0 Å². The van der Waals surface area contributed by atoms with Crippen LogP contribution in [0.15, 0.2) is 48.5 Å². The van der Waals surface area contributed by atoms with E-state index in [9.17, 15) is 0 Å². The maximum atomic E-state index is 6.10. The average molecular weight is 251 g/mol. The second kappa shape index (κ2) is 4.84. The van der Waals surface area contributed by atoms with Crippen LogP contribution in [0.25, 0.3) is 0 Å². The molecule has 2 aromatic carbocycles. The molecule has 2 rings (SSSR count). The number of hydrogen-bond acceptors (Lipinski definition) is 0. The molecule has 0 nitrogen and oxygen atoms in total. The molecule has 0 saturated carbocycles. The van der Waals surface area contributed by atoms with Crippen molar-refractivity contribution < 1.29 is 0 Å². The third-order valence-corrected chi connectivity index (χ3v) is 4.02. The summed E-state index contributed by atoms with van der Waals surface area (Å²) < 4.78 is 0. The molecule has 0 N–H and O–H groups in total. The molecule has 0 heterocycles. The Labute approximate surface area is 102 Å². The molecular weight excluding hydrogens is 243 g/mol. The lowest BCUT2D eigenvalue weighted by molar-refractivity contribution is 1.74. The van der Waals surface area contributed by atoms with Gasteiger partial charge in [-0.25, -0.2) is 0 Å². The van der Waals surface area contributed by atoms with Crippen molar-refractivity contribution in [3.8, 4) is 0 Å². The number of hydrogen-bond donors (Lipinski definition) is 0. The van der Waals surface area contributed by atoms with E-state index in [4.69, 9.17) is 23.2 Å². The Hall–Kier alpha value is -0.763. The summed E-state index contributed by atoms with van der Waals surface area (Å²) in [5.41, 5.74) is 0. The Morgan fingerprint density at radius 2 is 1.60 bits per heavy atom. The van der Waals surface area contributed by atoms with Gasteiger partial charge in [0, 0.05) is 10.0 Å². The van der Waals surface area contributed by atoms with E-state index in [1.165, 1.54) is 5.19 Å². The molecule has 0 saturated heterocycles. The lowest BCUT2D eigenvalue weighted by atomic mass is 10.4. The summed E-state index contributed by atoms with van der Waals surface area (Å²) in [4.78, 5) is 0. The number of halogens is 2. The Kier molecular flexibility index (Phi) is 3.47.